The average Bonchev–Trinajstić information content (AvgIpc) is 2.39. The predicted octanol–water partition coefficient (Wildman–Crippen LogP) is 1.80. The zero-order valence-corrected chi connectivity index (χ0v) is 10.6. The van der Waals surface area contributed by atoms with Gasteiger partial charge in [0.1, 0.15) is 5.82 Å². The molecule has 1 saturated heterocycles. The van der Waals surface area contributed by atoms with Crippen molar-refractivity contribution < 1.29 is 9.18 Å². The molecule has 1 aromatic carbocycles. The predicted molar refractivity (Wildman–Crippen MR) is 68.8 cm³/mol. The van der Waals surface area contributed by atoms with Crippen LogP contribution < -0.4 is 10.6 Å². The van der Waals surface area contributed by atoms with Crippen LogP contribution in [0.3, 0.4) is 0 Å². The number of hydrogen-bond donors (Lipinski definition) is 2. The molecule has 2 atom stereocenters. The number of likely N-dealkylation sites (N-methyl/N-ethyl adjacent to an activating group) is 1. The standard InChI is InChI=1S/C14H19FN2O/c1-2-16-14(18)13-9-11(6-7-17-13)10-4-3-5-12(15)8-10/h3-5,8,11,13,17H,2,6-7,9H2,1H3,(H,16,18). The minimum absolute atomic E-state index is 0.0404. The molecule has 0 spiro atoms. The molecule has 1 aliphatic rings. The number of hydrogen-bond acceptors (Lipinski definition) is 2. The van der Waals surface area contributed by atoms with Gasteiger partial charge in [-0.15, -0.1) is 0 Å². The summed E-state index contributed by atoms with van der Waals surface area (Å²) in [4.78, 5) is 11.8. The second-order valence-corrected chi connectivity index (χ2v) is 4.68. The highest BCUT2D eigenvalue weighted by atomic mass is 19.1. The Kier molecular flexibility index (Phi) is 4.31. The normalized spacial score (nSPS) is 23.7. The zero-order chi connectivity index (χ0) is 13.0. The van der Waals surface area contributed by atoms with Gasteiger partial charge < -0.3 is 10.6 Å². The van der Waals surface area contributed by atoms with E-state index >= 15 is 0 Å². The number of piperidine rings is 1. The first-order chi connectivity index (χ1) is 8.70. The quantitative estimate of drug-likeness (QED) is 0.859. The van der Waals surface area contributed by atoms with Crippen LogP contribution in [-0.4, -0.2) is 25.0 Å². The fourth-order valence-electron chi connectivity index (χ4n) is 2.48. The van der Waals surface area contributed by atoms with Crippen LogP contribution in [0.25, 0.3) is 0 Å². The van der Waals surface area contributed by atoms with E-state index < -0.39 is 0 Å². The van der Waals surface area contributed by atoms with E-state index in [-0.39, 0.29) is 23.7 Å². The van der Waals surface area contributed by atoms with Crippen molar-refractivity contribution in [2.24, 2.45) is 0 Å². The summed E-state index contributed by atoms with van der Waals surface area (Å²) in [5, 5.41) is 6.04. The Bertz CT molecular complexity index is 422. The smallest absolute Gasteiger partial charge is 0.237 e. The molecular weight excluding hydrogens is 231 g/mol. The van der Waals surface area contributed by atoms with Crippen molar-refractivity contribution >= 4 is 5.91 Å². The van der Waals surface area contributed by atoms with Gasteiger partial charge in [0, 0.05) is 6.54 Å². The highest BCUT2D eigenvalue weighted by Crippen LogP contribution is 2.28. The second kappa shape index (κ2) is 5.96. The number of amides is 1. The molecule has 2 unspecified atom stereocenters. The summed E-state index contributed by atoms with van der Waals surface area (Å²) < 4.78 is 13.2. The van der Waals surface area contributed by atoms with E-state index in [1.54, 1.807) is 12.1 Å². The van der Waals surface area contributed by atoms with Crippen LogP contribution in [-0.2, 0) is 4.79 Å². The molecule has 0 aliphatic carbocycles. The van der Waals surface area contributed by atoms with E-state index in [0.717, 1.165) is 24.9 Å². The monoisotopic (exact) mass is 250 g/mol. The van der Waals surface area contributed by atoms with Gasteiger partial charge in [0.15, 0.2) is 0 Å². The van der Waals surface area contributed by atoms with Crippen molar-refractivity contribution in [1.29, 1.82) is 0 Å². The Labute approximate surface area is 107 Å². The summed E-state index contributed by atoms with van der Waals surface area (Å²) in [6, 6.07) is 6.53. The molecular formula is C14H19FN2O. The number of benzene rings is 1. The summed E-state index contributed by atoms with van der Waals surface area (Å²) >= 11 is 0. The number of carbonyl (C=O) groups is 1. The lowest BCUT2D eigenvalue weighted by atomic mass is 9.86. The van der Waals surface area contributed by atoms with E-state index in [9.17, 15) is 9.18 Å². The zero-order valence-electron chi connectivity index (χ0n) is 10.6. The molecule has 0 radical (unpaired) electrons. The number of halogens is 1. The van der Waals surface area contributed by atoms with Gasteiger partial charge in [0.05, 0.1) is 6.04 Å². The van der Waals surface area contributed by atoms with Gasteiger partial charge in [-0.05, 0) is 49.9 Å². The van der Waals surface area contributed by atoms with Crippen molar-refractivity contribution in [3.05, 3.63) is 35.6 Å². The maximum Gasteiger partial charge on any atom is 0.237 e. The highest BCUT2D eigenvalue weighted by Gasteiger charge is 2.27. The molecule has 1 aliphatic heterocycles. The average molecular weight is 250 g/mol. The van der Waals surface area contributed by atoms with E-state index in [2.05, 4.69) is 10.6 Å². The molecule has 3 nitrogen and oxygen atoms in total. The Morgan fingerprint density at radius 3 is 3.11 bits per heavy atom. The van der Waals surface area contributed by atoms with Crippen LogP contribution in [0.1, 0.15) is 31.2 Å². The van der Waals surface area contributed by atoms with E-state index in [1.807, 2.05) is 13.0 Å². The van der Waals surface area contributed by atoms with E-state index in [1.165, 1.54) is 6.07 Å². The largest absolute Gasteiger partial charge is 0.355 e. The third-order valence-electron chi connectivity index (χ3n) is 3.39. The SMILES string of the molecule is CCNC(=O)C1CC(c2cccc(F)c2)CCN1. The third-order valence-corrected chi connectivity index (χ3v) is 3.39. The van der Waals surface area contributed by atoms with Crippen LogP contribution in [0.2, 0.25) is 0 Å². The van der Waals surface area contributed by atoms with Crippen LogP contribution >= 0.6 is 0 Å². The van der Waals surface area contributed by atoms with Gasteiger partial charge in [0.25, 0.3) is 0 Å². The number of rotatable bonds is 3. The van der Waals surface area contributed by atoms with Crippen LogP contribution in [0.4, 0.5) is 4.39 Å². The first-order valence-corrected chi connectivity index (χ1v) is 6.47. The molecule has 0 aromatic heterocycles. The lowest BCUT2D eigenvalue weighted by molar-refractivity contribution is -0.123. The molecule has 2 N–H and O–H groups in total. The molecule has 1 fully saturated rings. The van der Waals surface area contributed by atoms with Gasteiger partial charge in [-0.25, -0.2) is 4.39 Å². The fraction of sp³-hybridized carbons (Fsp3) is 0.500. The molecule has 1 aromatic rings. The van der Waals surface area contributed by atoms with Crippen LogP contribution in [0.15, 0.2) is 24.3 Å². The minimum atomic E-state index is -0.208. The minimum Gasteiger partial charge on any atom is -0.355 e. The fourth-order valence-corrected chi connectivity index (χ4v) is 2.48. The molecule has 1 amide bonds. The third kappa shape index (κ3) is 3.07. The van der Waals surface area contributed by atoms with Crippen molar-refractivity contribution in [2.75, 3.05) is 13.1 Å². The first-order valence-electron chi connectivity index (χ1n) is 6.47. The first kappa shape index (κ1) is 13.0. The molecule has 98 valence electrons. The maximum atomic E-state index is 13.2. The number of nitrogens with one attached hydrogen (secondary N) is 2. The van der Waals surface area contributed by atoms with Gasteiger partial charge in [-0.2, -0.15) is 0 Å². The molecule has 2 rings (SSSR count). The van der Waals surface area contributed by atoms with Gasteiger partial charge in [-0.3, -0.25) is 4.79 Å². The summed E-state index contributed by atoms with van der Waals surface area (Å²) in [7, 11) is 0. The number of carbonyl (C=O) groups excluding carboxylic acids is 1. The Balaban J connectivity index is 2.04. The molecule has 4 heteroatoms. The van der Waals surface area contributed by atoms with Gasteiger partial charge in [-0.1, -0.05) is 12.1 Å². The Hall–Kier alpha value is -1.42. The molecule has 0 bridgehead atoms. The molecule has 1 heterocycles. The Morgan fingerprint density at radius 2 is 2.39 bits per heavy atom. The lowest BCUT2D eigenvalue weighted by Crippen LogP contribution is -2.48. The molecule has 18 heavy (non-hydrogen) atoms. The maximum absolute atomic E-state index is 13.2. The highest BCUT2D eigenvalue weighted by molar-refractivity contribution is 5.81. The molecule has 0 saturated carbocycles. The van der Waals surface area contributed by atoms with Crippen LogP contribution in [0, 0.1) is 5.82 Å². The summed E-state index contributed by atoms with van der Waals surface area (Å²) in [6.07, 6.45) is 1.68. The van der Waals surface area contributed by atoms with E-state index in [4.69, 9.17) is 0 Å². The summed E-state index contributed by atoms with van der Waals surface area (Å²) in [5.41, 5.74) is 0.991. The van der Waals surface area contributed by atoms with Crippen molar-refractivity contribution in [3.8, 4) is 0 Å². The Morgan fingerprint density at radius 1 is 1.56 bits per heavy atom. The van der Waals surface area contributed by atoms with Crippen LogP contribution in [0.5, 0.6) is 0 Å². The topological polar surface area (TPSA) is 41.1 Å². The van der Waals surface area contributed by atoms with E-state index in [0.29, 0.717) is 6.54 Å². The van der Waals surface area contributed by atoms with Crippen molar-refractivity contribution in [3.63, 3.8) is 0 Å². The van der Waals surface area contributed by atoms with Gasteiger partial charge in [0.2, 0.25) is 5.91 Å². The van der Waals surface area contributed by atoms with Gasteiger partial charge >= 0.3 is 0 Å². The van der Waals surface area contributed by atoms with Crippen molar-refractivity contribution in [2.45, 2.75) is 31.7 Å². The van der Waals surface area contributed by atoms with Crippen molar-refractivity contribution in [1.82, 2.24) is 10.6 Å². The summed E-state index contributed by atoms with van der Waals surface area (Å²) in [5.74, 6) is 0.0914. The second-order valence-electron chi connectivity index (χ2n) is 4.68. The summed E-state index contributed by atoms with van der Waals surface area (Å²) in [6.45, 7) is 3.34. The lowest BCUT2D eigenvalue weighted by Gasteiger charge is -2.29.